The largest absolute Gasteiger partial charge is 0.367 e. The van der Waals surface area contributed by atoms with E-state index in [1.807, 2.05) is 0 Å². The number of benzene rings is 1. The van der Waals surface area contributed by atoms with Crippen LogP contribution < -0.4 is 10.6 Å². The number of aryl methyl sites for hydroxylation is 1. The quantitative estimate of drug-likeness (QED) is 0.904. The van der Waals surface area contributed by atoms with Crippen molar-refractivity contribution in [1.29, 1.82) is 0 Å². The van der Waals surface area contributed by atoms with Crippen LogP contribution in [0.4, 0.5) is 5.69 Å². The number of likely N-dealkylation sites (N-methyl/N-ethyl adjacent to an activating group) is 1. The van der Waals surface area contributed by atoms with Crippen molar-refractivity contribution in [1.82, 2.24) is 4.90 Å². The number of hydrogen-bond acceptors (Lipinski definition) is 3. The first kappa shape index (κ1) is 14.4. The topological polar surface area (TPSA) is 32.5 Å². The molecule has 0 amide bonds. The Morgan fingerprint density at radius 3 is 2.53 bits per heavy atom. The van der Waals surface area contributed by atoms with Crippen molar-refractivity contribution in [2.24, 2.45) is 5.73 Å². The van der Waals surface area contributed by atoms with Gasteiger partial charge in [-0.1, -0.05) is 19.1 Å². The number of rotatable bonds is 3. The van der Waals surface area contributed by atoms with Crippen LogP contribution in [0.25, 0.3) is 0 Å². The average Bonchev–Trinajstić information content (AvgIpc) is 2.59. The van der Waals surface area contributed by atoms with Crippen LogP contribution in [0.3, 0.4) is 0 Å². The lowest BCUT2D eigenvalue weighted by Crippen LogP contribution is -2.45. The number of hydrogen-bond donors (Lipinski definition) is 1. The molecule has 2 rings (SSSR count). The van der Waals surface area contributed by atoms with E-state index < -0.39 is 0 Å². The van der Waals surface area contributed by atoms with Gasteiger partial charge in [0.2, 0.25) is 0 Å². The number of anilines is 1. The van der Waals surface area contributed by atoms with E-state index >= 15 is 0 Å². The van der Waals surface area contributed by atoms with E-state index in [0.717, 1.165) is 26.1 Å². The van der Waals surface area contributed by atoms with E-state index in [-0.39, 0.29) is 0 Å². The predicted molar refractivity (Wildman–Crippen MR) is 82.7 cm³/mol. The lowest BCUT2D eigenvalue weighted by molar-refractivity contribution is 0.265. The van der Waals surface area contributed by atoms with Crippen LogP contribution in [0.2, 0.25) is 0 Å². The van der Waals surface area contributed by atoms with Crippen LogP contribution in [0.5, 0.6) is 0 Å². The minimum atomic E-state index is 0.454. The molecule has 2 unspecified atom stereocenters. The molecule has 0 aromatic heterocycles. The minimum absolute atomic E-state index is 0.454. The maximum absolute atomic E-state index is 5.93. The second kappa shape index (κ2) is 6.40. The van der Waals surface area contributed by atoms with Crippen LogP contribution in [0.1, 0.15) is 25.8 Å². The number of nitrogens with two attached hydrogens (primary N) is 1. The molecule has 1 fully saturated rings. The van der Waals surface area contributed by atoms with Gasteiger partial charge in [-0.2, -0.15) is 0 Å². The summed E-state index contributed by atoms with van der Waals surface area (Å²) >= 11 is 0. The Morgan fingerprint density at radius 1 is 1.26 bits per heavy atom. The van der Waals surface area contributed by atoms with Crippen molar-refractivity contribution >= 4 is 5.69 Å². The Kier molecular flexibility index (Phi) is 4.83. The molecule has 1 saturated heterocycles. The van der Waals surface area contributed by atoms with Gasteiger partial charge < -0.3 is 15.5 Å². The van der Waals surface area contributed by atoms with Crippen molar-refractivity contribution in [3.63, 3.8) is 0 Å². The van der Waals surface area contributed by atoms with E-state index in [4.69, 9.17) is 5.73 Å². The maximum Gasteiger partial charge on any atom is 0.0390 e. The minimum Gasteiger partial charge on any atom is -0.367 e. The first-order valence-corrected chi connectivity index (χ1v) is 7.41. The lowest BCUT2D eigenvalue weighted by atomic mass is 10.1. The normalized spacial score (nSPS) is 25.4. The zero-order chi connectivity index (χ0) is 13.8. The molecule has 1 aromatic rings. The van der Waals surface area contributed by atoms with Crippen molar-refractivity contribution in [2.45, 2.75) is 38.8 Å². The molecule has 3 heteroatoms. The van der Waals surface area contributed by atoms with E-state index in [0.29, 0.717) is 12.1 Å². The lowest BCUT2D eigenvalue weighted by Gasteiger charge is -2.32. The summed E-state index contributed by atoms with van der Waals surface area (Å²) in [6.07, 6.45) is 2.30. The molecule has 0 aliphatic carbocycles. The van der Waals surface area contributed by atoms with Crippen molar-refractivity contribution in [2.75, 3.05) is 31.6 Å². The molecule has 1 aliphatic rings. The summed E-state index contributed by atoms with van der Waals surface area (Å²) in [7, 11) is 2.19. The average molecular weight is 261 g/mol. The Bertz CT molecular complexity index is 387. The van der Waals surface area contributed by atoms with Crippen LogP contribution >= 0.6 is 0 Å². The highest BCUT2D eigenvalue weighted by Crippen LogP contribution is 2.23. The Morgan fingerprint density at radius 2 is 1.95 bits per heavy atom. The van der Waals surface area contributed by atoms with Gasteiger partial charge in [-0.05, 0) is 44.5 Å². The summed E-state index contributed by atoms with van der Waals surface area (Å²) in [6, 6.07) is 10.0. The Hall–Kier alpha value is -1.06. The summed E-state index contributed by atoms with van der Waals surface area (Å²) in [5.74, 6) is 0. The van der Waals surface area contributed by atoms with Crippen molar-refractivity contribution < 1.29 is 0 Å². The molecule has 106 valence electrons. The third kappa shape index (κ3) is 3.28. The van der Waals surface area contributed by atoms with Gasteiger partial charge in [0, 0.05) is 37.4 Å². The molecule has 19 heavy (non-hydrogen) atoms. The summed E-state index contributed by atoms with van der Waals surface area (Å²) < 4.78 is 0. The van der Waals surface area contributed by atoms with Crippen LogP contribution in [-0.4, -0.2) is 43.7 Å². The molecule has 1 heterocycles. The van der Waals surface area contributed by atoms with Gasteiger partial charge >= 0.3 is 0 Å². The zero-order valence-electron chi connectivity index (χ0n) is 12.5. The maximum atomic E-state index is 5.93. The summed E-state index contributed by atoms with van der Waals surface area (Å²) in [4.78, 5) is 4.91. The highest BCUT2D eigenvalue weighted by molar-refractivity contribution is 5.49. The Balaban J connectivity index is 2.19. The van der Waals surface area contributed by atoms with Gasteiger partial charge in [-0.25, -0.2) is 0 Å². The SMILES string of the molecule is CCc1ccc(N2CC(CN)N(C)CCC2C)cc1. The van der Waals surface area contributed by atoms with E-state index in [9.17, 15) is 0 Å². The van der Waals surface area contributed by atoms with E-state index in [2.05, 4.69) is 55.0 Å². The van der Waals surface area contributed by atoms with Crippen molar-refractivity contribution in [3.8, 4) is 0 Å². The second-order valence-electron chi connectivity index (χ2n) is 5.68. The van der Waals surface area contributed by atoms with Crippen LogP contribution in [0.15, 0.2) is 24.3 Å². The smallest absolute Gasteiger partial charge is 0.0390 e. The first-order chi connectivity index (χ1) is 9.15. The molecule has 0 bridgehead atoms. The molecule has 2 atom stereocenters. The van der Waals surface area contributed by atoms with Gasteiger partial charge in [0.05, 0.1) is 0 Å². The fraction of sp³-hybridized carbons (Fsp3) is 0.625. The fourth-order valence-corrected chi connectivity index (χ4v) is 2.81. The summed E-state index contributed by atoms with van der Waals surface area (Å²) in [5.41, 5.74) is 8.66. The van der Waals surface area contributed by atoms with Gasteiger partial charge in [0.15, 0.2) is 0 Å². The predicted octanol–water partition coefficient (Wildman–Crippen LogP) is 2.11. The highest BCUT2D eigenvalue weighted by atomic mass is 15.3. The standard InChI is InChI=1S/C16H27N3/c1-4-14-5-7-15(8-6-14)19-12-16(11-17)18(3)10-9-13(19)2/h5-8,13,16H,4,9-12,17H2,1-3H3. The molecule has 0 radical (unpaired) electrons. The molecule has 1 aromatic carbocycles. The molecule has 0 spiro atoms. The number of nitrogens with zero attached hydrogens (tertiary/aromatic N) is 2. The van der Waals surface area contributed by atoms with Gasteiger partial charge in [0.1, 0.15) is 0 Å². The molecular weight excluding hydrogens is 234 g/mol. The first-order valence-electron chi connectivity index (χ1n) is 7.41. The third-order valence-corrected chi connectivity index (χ3v) is 4.41. The summed E-state index contributed by atoms with van der Waals surface area (Å²) in [6.45, 7) is 7.41. The second-order valence-corrected chi connectivity index (χ2v) is 5.68. The monoisotopic (exact) mass is 261 g/mol. The molecule has 2 N–H and O–H groups in total. The molecule has 0 saturated carbocycles. The van der Waals surface area contributed by atoms with Gasteiger partial charge in [-0.15, -0.1) is 0 Å². The highest BCUT2D eigenvalue weighted by Gasteiger charge is 2.25. The third-order valence-electron chi connectivity index (χ3n) is 4.41. The van der Waals surface area contributed by atoms with E-state index in [1.165, 1.54) is 17.7 Å². The van der Waals surface area contributed by atoms with Crippen molar-refractivity contribution in [3.05, 3.63) is 29.8 Å². The zero-order valence-corrected chi connectivity index (χ0v) is 12.5. The van der Waals surface area contributed by atoms with E-state index in [1.54, 1.807) is 0 Å². The molecule has 3 nitrogen and oxygen atoms in total. The Labute approximate surface area is 117 Å². The van der Waals surface area contributed by atoms with Gasteiger partial charge in [-0.3, -0.25) is 0 Å². The molecule has 1 aliphatic heterocycles. The van der Waals surface area contributed by atoms with Gasteiger partial charge in [0.25, 0.3) is 0 Å². The fourth-order valence-electron chi connectivity index (χ4n) is 2.81. The van der Waals surface area contributed by atoms with Crippen LogP contribution in [-0.2, 0) is 6.42 Å². The molecular formula is C16H27N3. The van der Waals surface area contributed by atoms with Crippen LogP contribution in [0, 0.1) is 0 Å². The summed E-state index contributed by atoms with van der Waals surface area (Å²) in [5, 5.41) is 0.